The largest absolute Gasteiger partial charge is 0.310 e. The van der Waals surface area contributed by atoms with E-state index in [-0.39, 0.29) is 0 Å². The second-order valence-electron chi connectivity index (χ2n) is 4.83. The monoisotopic (exact) mass is 353 g/mol. The second-order valence-corrected chi connectivity index (χ2v) is 6.08. The summed E-state index contributed by atoms with van der Waals surface area (Å²) in [5.74, 6) is 0. The molecule has 0 spiro atoms. The Morgan fingerprint density at radius 3 is 2.89 bits per heavy atom. The van der Waals surface area contributed by atoms with Crippen molar-refractivity contribution in [1.82, 2.24) is 15.1 Å². The van der Waals surface area contributed by atoms with Crippen LogP contribution in [0.5, 0.6) is 0 Å². The van der Waals surface area contributed by atoms with Gasteiger partial charge in [-0.05, 0) is 46.6 Å². The molecule has 1 heterocycles. The third-order valence-corrected chi connectivity index (χ3v) is 3.67. The molecule has 3 rings (SSSR count). The Bertz CT molecular complexity index is 531. The van der Waals surface area contributed by atoms with Crippen molar-refractivity contribution in [2.75, 3.05) is 0 Å². The smallest absolute Gasteiger partial charge is 0.0659 e. The number of rotatable bonds is 5. The topological polar surface area (TPSA) is 29.9 Å². The maximum atomic E-state index is 4.32. The summed E-state index contributed by atoms with van der Waals surface area (Å²) in [4.78, 5) is 0. The fourth-order valence-electron chi connectivity index (χ4n) is 2.00. The molecule has 0 saturated heterocycles. The molecular formula is C14H16IN3. The first-order chi connectivity index (χ1) is 8.79. The van der Waals surface area contributed by atoms with Gasteiger partial charge in [0.05, 0.1) is 16.3 Å². The van der Waals surface area contributed by atoms with Gasteiger partial charge in [-0.25, -0.2) is 0 Å². The lowest BCUT2D eigenvalue weighted by Crippen LogP contribution is -2.15. The minimum absolute atomic E-state index is 0.765. The molecule has 0 aliphatic heterocycles. The number of nitrogens with one attached hydrogen (secondary N) is 1. The average Bonchev–Trinajstić information content (AvgIpc) is 3.11. The lowest BCUT2D eigenvalue weighted by atomic mass is 10.1. The molecule has 2 aromatic rings. The Kier molecular flexibility index (Phi) is 3.65. The van der Waals surface area contributed by atoms with Gasteiger partial charge in [-0.1, -0.05) is 24.3 Å². The molecule has 1 saturated carbocycles. The molecule has 1 N–H and O–H groups in total. The van der Waals surface area contributed by atoms with Crippen LogP contribution in [0.4, 0.5) is 0 Å². The summed E-state index contributed by atoms with van der Waals surface area (Å²) >= 11 is 2.28. The van der Waals surface area contributed by atoms with Crippen LogP contribution in [0.15, 0.2) is 36.7 Å². The fraction of sp³-hybridized carbons (Fsp3) is 0.357. The third kappa shape index (κ3) is 3.32. The molecule has 94 valence electrons. The van der Waals surface area contributed by atoms with Gasteiger partial charge in [-0.3, -0.25) is 4.68 Å². The van der Waals surface area contributed by atoms with E-state index in [0.29, 0.717) is 0 Å². The lowest BCUT2D eigenvalue weighted by molar-refractivity contribution is 0.674. The van der Waals surface area contributed by atoms with E-state index in [1.165, 1.54) is 27.5 Å². The highest BCUT2D eigenvalue weighted by molar-refractivity contribution is 14.1. The Morgan fingerprint density at radius 1 is 1.33 bits per heavy atom. The van der Waals surface area contributed by atoms with Crippen molar-refractivity contribution in [2.45, 2.75) is 32.0 Å². The molecule has 0 unspecified atom stereocenters. The van der Waals surface area contributed by atoms with E-state index in [4.69, 9.17) is 0 Å². The number of aromatic nitrogens is 2. The number of halogens is 1. The molecule has 18 heavy (non-hydrogen) atoms. The van der Waals surface area contributed by atoms with Crippen molar-refractivity contribution in [3.8, 4) is 0 Å². The number of nitrogens with zero attached hydrogens (tertiary/aromatic N) is 2. The van der Waals surface area contributed by atoms with Gasteiger partial charge < -0.3 is 5.32 Å². The normalized spacial score (nSPS) is 14.9. The van der Waals surface area contributed by atoms with E-state index in [0.717, 1.165) is 19.1 Å². The first kappa shape index (κ1) is 12.2. The summed E-state index contributed by atoms with van der Waals surface area (Å²) < 4.78 is 3.16. The van der Waals surface area contributed by atoms with Crippen LogP contribution in [0.2, 0.25) is 0 Å². The van der Waals surface area contributed by atoms with Gasteiger partial charge >= 0.3 is 0 Å². The van der Waals surface area contributed by atoms with Crippen LogP contribution >= 0.6 is 22.6 Å². The van der Waals surface area contributed by atoms with Crippen molar-refractivity contribution in [3.05, 3.63) is 51.4 Å². The van der Waals surface area contributed by atoms with Gasteiger partial charge in [0, 0.05) is 18.8 Å². The maximum Gasteiger partial charge on any atom is 0.0659 e. The molecule has 0 bridgehead atoms. The number of benzene rings is 1. The standard InChI is InChI=1S/C14H16IN3/c15-13-8-17-18(10-13)9-12-3-1-2-11(6-12)7-16-14-4-5-14/h1-3,6,8,10,14,16H,4-5,7,9H2. The summed E-state index contributed by atoms with van der Waals surface area (Å²) in [5.41, 5.74) is 2.67. The van der Waals surface area contributed by atoms with Crippen LogP contribution in [0.1, 0.15) is 24.0 Å². The molecule has 0 amide bonds. The van der Waals surface area contributed by atoms with Gasteiger partial charge in [0.15, 0.2) is 0 Å². The lowest BCUT2D eigenvalue weighted by Gasteiger charge is -2.06. The predicted molar refractivity (Wildman–Crippen MR) is 80.3 cm³/mol. The van der Waals surface area contributed by atoms with Crippen LogP contribution in [-0.4, -0.2) is 15.8 Å². The van der Waals surface area contributed by atoms with Gasteiger partial charge in [0.25, 0.3) is 0 Å². The molecule has 3 nitrogen and oxygen atoms in total. The van der Waals surface area contributed by atoms with Crippen LogP contribution in [0.25, 0.3) is 0 Å². The molecule has 4 heteroatoms. The second kappa shape index (κ2) is 5.40. The van der Waals surface area contributed by atoms with Crippen LogP contribution in [0, 0.1) is 3.57 Å². The van der Waals surface area contributed by atoms with Gasteiger partial charge in [-0.2, -0.15) is 5.10 Å². The van der Waals surface area contributed by atoms with E-state index in [1.54, 1.807) is 0 Å². The predicted octanol–water partition coefficient (Wildman–Crippen LogP) is 2.79. The number of hydrogen-bond acceptors (Lipinski definition) is 2. The molecule has 1 fully saturated rings. The van der Waals surface area contributed by atoms with E-state index in [2.05, 4.69) is 63.5 Å². The number of hydrogen-bond donors (Lipinski definition) is 1. The van der Waals surface area contributed by atoms with Crippen molar-refractivity contribution in [3.63, 3.8) is 0 Å². The molecule has 1 aliphatic carbocycles. The van der Waals surface area contributed by atoms with Gasteiger partial charge in [-0.15, -0.1) is 0 Å². The highest BCUT2D eigenvalue weighted by Crippen LogP contribution is 2.19. The van der Waals surface area contributed by atoms with Crippen molar-refractivity contribution < 1.29 is 0 Å². The van der Waals surface area contributed by atoms with Gasteiger partial charge in [0.1, 0.15) is 0 Å². The summed E-state index contributed by atoms with van der Waals surface area (Å²) in [6, 6.07) is 9.51. The molecule has 1 aromatic heterocycles. The zero-order chi connectivity index (χ0) is 12.4. The molecule has 0 radical (unpaired) electrons. The van der Waals surface area contributed by atoms with E-state index >= 15 is 0 Å². The molecule has 0 atom stereocenters. The summed E-state index contributed by atoms with van der Waals surface area (Å²) in [6.45, 7) is 1.83. The maximum absolute atomic E-state index is 4.32. The van der Waals surface area contributed by atoms with Crippen LogP contribution < -0.4 is 5.32 Å². The van der Waals surface area contributed by atoms with Gasteiger partial charge in [0.2, 0.25) is 0 Å². The highest BCUT2D eigenvalue weighted by Gasteiger charge is 2.19. The van der Waals surface area contributed by atoms with Crippen molar-refractivity contribution in [2.24, 2.45) is 0 Å². The fourth-order valence-corrected chi connectivity index (χ4v) is 2.45. The third-order valence-electron chi connectivity index (χ3n) is 3.11. The quantitative estimate of drug-likeness (QED) is 0.838. The molecule has 1 aliphatic rings. The first-order valence-corrected chi connectivity index (χ1v) is 7.36. The van der Waals surface area contributed by atoms with Crippen LogP contribution in [0.3, 0.4) is 0 Å². The van der Waals surface area contributed by atoms with Crippen LogP contribution in [-0.2, 0) is 13.1 Å². The van der Waals surface area contributed by atoms with Crippen molar-refractivity contribution >= 4 is 22.6 Å². The molecular weight excluding hydrogens is 337 g/mol. The molecule has 1 aromatic carbocycles. The summed E-state index contributed by atoms with van der Waals surface area (Å²) in [7, 11) is 0. The average molecular weight is 353 g/mol. The zero-order valence-electron chi connectivity index (χ0n) is 10.1. The Morgan fingerprint density at radius 2 is 2.17 bits per heavy atom. The Balaban J connectivity index is 1.65. The Labute approximate surface area is 121 Å². The van der Waals surface area contributed by atoms with E-state index in [1.807, 2.05) is 10.9 Å². The first-order valence-electron chi connectivity index (χ1n) is 6.29. The minimum atomic E-state index is 0.765. The van der Waals surface area contributed by atoms with E-state index in [9.17, 15) is 0 Å². The minimum Gasteiger partial charge on any atom is -0.310 e. The van der Waals surface area contributed by atoms with Crippen molar-refractivity contribution in [1.29, 1.82) is 0 Å². The summed E-state index contributed by atoms with van der Waals surface area (Å²) in [5, 5.41) is 7.86. The SMILES string of the molecule is Ic1cnn(Cc2cccc(CNC3CC3)c2)c1. The highest BCUT2D eigenvalue weighted by atomic mass is 127. The van der Waals surface area contributed by atoms with E-state index < -0.39 is 0 Å². The Hall–Kier alpha value is -0.880. The zero-order valence-corrected chi connectivity index (χ0v) is 12.3. The summed E-state index contributed by atoms with van der Waals surface area (Å²) in [6.07, 6.45) is 6.63.